The third-order valence-electron chi connectivity index (χ3n) is 4.66. The van der Waals surface area contributed by atoms with Gasteiger partial charge in [0.2, 0.25) is 0 Å². The van der Waals surface area contributed by atoms with Gasteiger partial charge in [-0.1, -0.05) is 17.9 Å². The van der Waals surface area contributed by atoms with Crippen molar-refractivity contribution in [2.75, 3.05) is 7.11 Å². The van der Waals surface area contributed by atoms with E-state index in [0.29, 0.717) is 5.56 Å². The fourth-order valence-corrected chi connectivity index (χ4v) is 3.69. The quantitative estimate of drug-likeness (QED) is 0.773. The first-order valence-corrected chi connectivity index (χ1v) is 8.17. The minimum absolute atomic E-state index is 0.152. The Morgan fingerprint density at radius 1 is 1.31 bits per heavy atom. The predicted molar refractivity (Wildman–Crippen MR) is 85.2 cm³/mol. The van der Waals surface area contributed by atoms with Crippen LogP contribution in [0.15, 0.2) is 24.3 Å². The van der Waals surface area contributed by atoms with Crippen LogP contribution >= 0.6 is 0 Å². The van der Waals surface area contributed by atoms with E-state index in [4.69, 9.17) is 4.74 Å². The molecule has 0 radical (unpaired) electrons. The Bertz CT molecular complexity index is 739. The van der Waals surface area contributed by atoms with Crippen LogP contribution in [0, 0.1) is 11.8 Å². The zero-order chi connectivity index (χ0) is 18.9. The minimum Gasteiger partial charge on any atom is -0.453 e. The van der Waals surface area contributed by atoms with Gasteiger partial charge in [0, 0.05) is 30.5 Å². The summed E-state index contributed by atoms with van der Waals surface area (Å²) < 4.78 is 45.5. The van der Waals surface area contributed by atoms with E-state index >= 15 is 0 Å². The maximum absolute atomic E-state index is 12.3. The van der Waals surface area contributed by atoms with Crippen molar-refractivity contribution in [3.63, 3.8) is 0 Å². The molecule has 1 N–H and O–H groups in total. The number of amides is 1. The third kappa shape index (κ3) is 4.05. The number of benzene rings is 1. The Balaban J connectivity index is 1.75. The van der Waals surface area contributed by atoms with E-state index < -0.39 is 18.1 Å². The third-order valence-corrected chi connectivity index (χ3v) is 4.66. The van der Waals surface area contributed by atoms with Gasteiger partial charge in [-0.15, -0.1) is 13.2 Å². The van der Waals surface area contributed by atoms with Gasteiger partial charge >= 0.3 is 12.5 Å². The number of piperidine rings is 1. The molecule has 0 aliphatic carbocycles. The van der Waals surface area contributed by atoms with Crippen LogP contribution < -0.4 is 4.74 Å². The highest BCUT2D eigenvalue weighted by atomic mass is 19.4. The van der Waals surface area contributed by atoms with Crippen LogP contribution in [-0.4, -0.2) is 47.3 Å². The lowest BCUT2D eigenvalue weighted by Crippen LogP contribution is -2.52. The number of hydrogen-bond acceptors (Lipinski definition) is 4. The number of hydrogen-bond donors (Lipinski definition) is 1. The highest BCUT2D eigenvalue weighted by Gasteiger charge is 2.49. The standard InChI is InChI=1S/C18H18F3NO4/c1-25-16(23)22-13-5-6-14(22)11-17(24,10-13)8-7-12-3-2-4-15(9-12)26-18(19,20)21/h2-4,9,13-14,24H,5-6,10-11H2,1H3/t13-,14-/m1/s1. The van der Waals surface area contributed by atoms with Gasteiger partial charge in [-0.3, -0.25) is 0 Å². The van der Waals surface area contributed by atoms with E-state index in [1.54, 1.807) is 4.90 Å². The zero-order valence-electron chi connectivity index (χ0n) is 14.0. The van der Waals surface area contributed by atoms with Crippen LogP contribution in [-0.2, 0) is 4.74 Å². The number of rotatable bonds is 1. The molecule has 0 unspecified atom stereocenters. The van der Waals surface area contributed by atoms with Crippen molar-refractivity contribution < 1.29 is 32.5 Å². The fourth-order valence-electron chi connectivity index (χ4n) is 3.69. The molecule has 3 rings (SSSR count). The van der Waals surface area contributed by atoms with Gasteiger partial charge in [-0.2, -0.15) is 0 Å². The molecule has 8 heteroatoms. The summed E-state index contributed by atoms with van der Waals surface area (Å²) in [6, 6.07) is 4.99. The summed E-state index contributed by atoms with van der Waals surface area (Å²) in [4.78, 5) is 13.5. The lowest BCUT2D eigenvalue weighted by atomic mass is 9.86. The number of fused-ring (bicyclic) bond motifs is 2. The summed E-state index contributed by atoms with van der Waals surface area (Å²) in [5.74, 6) is 5.13. The number of carbonyl (C=O) groups excluding carboxylic acids is 1. The van der Waals surface area contributed by atoms with Gasteiger partial charge in [0.25, 0.3) is 0 Å². The van der Waals surface area contributed by atoms with E-state index in [-0.39, 0.29) is 30.7 Å². The molecule has 2 bridgehead atoms. The van der Waals surface area contributed by atoms with Crippen molar-refractivity contribution in [2.24, 2.45) is 0 Å². The number of methoxy groups -OCH3 is 1. The van der Waals surface area contributed by atoms with Crippen molar-refractivity contribution in [1.29, 1.82) is 0 Å². The van der Waals surface area contributed by atoms with Crippen LogP contribution in [0.4, 0.5) is 18.0 Å². The summed E-state index contributed by atoms with van der Waals surface area (Å²) in [6.07, 6.45) is -3.10. The minimum atomic E-state index is -4.77. The Labute approximate surface area is 148 Å². The summed E-state index contributed by atoms with van der Waals surface area (Å²) in [6.45, 7) is 0. The second-order valence-electron chi connectivity index (χ2n) is 6.53. The molecule has 0 spiro atoms. The summed E-state index contributed by atoms with van der Waals surface area (Å²) in [5.41, 5.74) is -0.986. The van der Waals surface area contributed by atoms with E-state index in [1.807, 2.05) is 0 Å². The van der Waals surface area contributed by atoms with Gasteiger partial charge in [0.05, 0.1) is 7.11 Å². The number of carbonyl (C=O) groups is 1. The lowest BCUT2D eigenvalue weighted by molar-refractivity contribution is -0.274. The fraction of sp³-hybridized carbons (Fsp3) is 0.500. The Morgan fingerprint density at radius 2 is 1.96 bits per heavy atom. The average Bonchev–Trinajstić information content (AvgIpc) is 2.84. The first-order chi connectivity index (χ1) is 12.2. The second kappa shape index (κ2) is 6.72. The maximum Gasteiger partial charge on any atom is 0.573 e. The second-order valence-corrected chi connectivity index (χ2v) is 6.53. The molecule has 2 aliphatic heterocycles. The topological polar surface area (TPSA) is 59.0 Å². The summed E-state index contributed by atoms with van der Waals surface area (Å²) >= 11 is 0. The largest absolute Gasteiger partial charge is 0.573 e. The number of aliphatic hydroxyl groups is 1. The average molecular weight is 369 g/mol. The molecule has 5 nitrogen and oxygen atoms in total. The zero-order valence-corrected chi connectivity index (χ0v) is 14.0. The van der Waals surface area contributed by atoms with Crippen molar-refractivity contribution in [1.82, 2.24) is 4.90 Å². The van der Waals surface area contributed by atoms with E-state index in [1.165, 1.54) is 31.4 Å². The maximum atomic E-state index is 12.3. The van der Waals surface area contributed by atoms with Gasteiger partial charge in [0.1, 0.15) is 11.4 Å². The highest BCUT2D eigenvalue weighted by Crippen LogP contribution is 2.41. The number of ether oxygens (including phenoxy) is 2. The molecular formula is C18H18F3NO4. The number of nitrogens with zero attached hydrogens (tertiary/aromatic N) is 1. The number of alkyl halides is 3. The molecule has 2 atom stereocenters. The van der Waals surface area contributed by atoms with Crippen molar-refractivity contribution in [3.8, 4) is 17.6 Å². The smallest absolute Gasteiger partial charge is 0.453 e. The van der Waals surface area contributed by atoms with Gasteiger partial charge in [-0.05, 0) is 31.0 Å². The predicted octanol–water partition coefficient (Wildman–Crippen LogP) is 3.06. The number of halogens is 3. The molecule has 0 aromatic heterocycles. The molecule has 2 heterocycles. The summed E-state index contributed by atoms with van der Waals surface area (Å²) in [7, 11) is 1.32. The van der Waals surface area contributed by atoms with Crippen LogP contribution in [0.3, 0.4) is 0 Å². The van der Waals surface area contributed by atoms with Gasteiger partial charge in [0.15, 0.2) is 0 Å². The van der Waals surface area contributed by atoms with Crippen molar-refractivity contribution >= 4 is 6.09 Å². The normalized spacial score (nSPS) is 27.5. The van der Waals surface area contributed by atoms with Gasteiger partial charge < -0.3 is 19.5 Å². The Kier molecular flexibility index (Phi) is 4.76. The van der Waals surface area contributed by atoms with Crippen LogP contribution in [0.1, 0.15) is 31.2 Å². The molecule has 2 aliphatic rings. The van der Waals surface area contributed by atoms with Gasteiger partial charge in [-0.25, -0.2) is 4.79 Å². The monoisotopic (exact) mass is 369 g/mol. The molecule has 140 valence electrons. The van der Waals surface area contributed by atoms with Crippen LogP contribution in [0.2, 0.25) is 0 Å². The van der Waals surface area contributed by atoms with Crippen molar-refractivity contribution in [3.05, 3.63) is 29.8 Å². The first kappa shape index (κ1) is 18.4. The highest BCUT2D eigenvalue weighted by molar-refractivity contribution is 5.69. The molecule has 1 amide bonds. The van der Waals surface area contributed by atoms with Crippen LogP contribution in [0.25, 0.3) is 0 Å². The Hall–Kier alpha value is -2.40. The first-order valence-electron chi connectivity index (χ1n) is 8.17. The molecule has 1 aromatic rings. The molecule has 0 saturated carbocycles. The van der Waals surface area contributed by atoms with E-state index in [9.17, 15) is 23.1 Å². The van der Waals surface area contributed by atoms with Crippen molar-refractivity contribution in [2.45, 2.75) is 49.7 Å². The lowest BCUT2D eigenvalue weighted by Gasteiger charge is -2.40. The molecule has 1 aromatic carbocycles. The Morgan fingerprint density at radius 3 is 2.54 bits per heavy atom. The molecular weight excluding hydrogens is 351 g/mol. The summed E-state index contributed by atoms with van der Waals surface area (Å²) in [5, 5.41) is 10.8. The SMILES string of the molecule is COC(=O)N1[C@@H]2CC[C@@H]1CC(O)(C#Cc1cccc(OC(F)(F)F)c1)C2. The van der Waals surface area contributed by atoms with E-state index in [2.05, 4.69) is 16.6 Å². The molecule has 2 fully saturated rings. The van der Waals surface area contributed by atoms with Crippen LogP contribution in [0.5, 0.6) is 5.75 Å². The molecule has 26 heavy (non-hydrogen) atoms. The molecule has 2 saturated heterocycles. The van der Waals surface area contributed by atoms with E-state index in [0.717, 1.165) is 12.8 Å².